The molecule has 0 amide bonds. The van der Waals surface area contributed by atoms with Crippen molar-refractivity contribution < 1.29 is 4.92 Å². The van der Waals surface area contributed by atoms with E-state index in [9.17, 15) is 10.1 Å². The lowest BCUT2D eigenvalue weighted by Crippen LogP contribution is -2.45. The average Bonchev–Trinajstić information content (AvgIpc) is 2.49. The molecule has 110 valence electrons. The zero-order chi connectivity index (χ0) is 14.4. The Balaban J connectivity index is 2.13. The van der Waals surface area contributed by atoms with Crippen LogP contribution in [0.5, 0.6) is 0 Å². The summed E-state index contributed by atoms with van der Waals surface area (Å²) >= 11 is 0. The van der Waals surface area contributed by atoms with Crippen molar-refractivity contribution in [3.63, 3.8) is 0 Å². The third-order valence-corrected chi connectivity index (χ3v) is 3.91. The minimum absolute atomic E-state index is 0.170. The van der Waals surface area contributed by atoms with E-state index in [1.54, 1.807) is 12.1 Å². The van der Waals surface area contributed by atoms with Crippen molar-refractivity contribution in [2.75, 3.05) is 26.2 Å². The van der Waals surface area contributed by atoms with Crippen molar-refractivity contribution in [1.29, 1.82) is 0 Å². The van der Waals surface area contributed by atoms with Crippen LogP contribution in [0.15, 0.2) is 24.3 Å². The number of nitrogens with one attached hydrogen (secondary N) is 1. The zero-order valence-electron chi connectivity index (χ0n) is 12.0. The fourth-order valence-electron chi connectivity index (χ4n) is 2.77. The molecule has 1 aliphatic rings. The van der Waals surface area contributed by atoms with Gasteiger partial charge in [0.05, 0.1) is 4.92 Å². The molecule has 5 heteroatoms. The van der Waals surface area contributed by atoms with Crippen LogP contribution in [-0.2, 0) is 0 Å². The topological polar surface area (TPSA) is 58.4 Å². The van der Waals surface area contributed by atoms with Crippen LogP contribution >= 0.6 is 0 Å². The van der Waals surface area contributed by atoms with Crippen LogP contribution in [0.1, 0.15) is 37.8 Å². The second-order valence-corrected chi connectivity index (χ2v) is 5.29. The minimum atomic E-state index is -0.338. The quantitative estimate of drug-likeness (QED) is 0.641. The summed E-state index contributed by atoms with van der Waals surface area (Å²) in [4.78, 5) is 12.9. The van der Waals surface area contributed by atoms with Crippen molar-refractivity contribution in [3.8, 4) is 0 Å². The molecule has 0 aromatic heterocycles. The van der Waals surface area contributed by atoms with Crippen molar-refractivity contribution in [3.05, 3.63) is 39.9 Å². The number of piperazine rings is 1. The van der Waals surface area contributed by atoms with E-state index in [1.807, 2.05) is 12.1 Å². The van der Waals surface area contributed by atoms with Crippen LogP contribution in [0.4, 0.5) is 5.69 Å². The second-order valence-electron chi connectivity index (χ2n) is 5.29. The first kappa shape index (κ1) is 14.9. The summed E-state index contributed by atoms with van der Waals surface area (Å²) < 4.78 is 0. The second kappa shape index (κ2) is 7.36. The number of nitrogens with zero attached hydrogens (tertiary/aromatic N) is 2. The average molecular weight is 277 g/mol. The summed E-state index contributed by atoms with van der Waals surface area (Å²) in [5.74, 6) is 0. The largest absolute Gasteiger partial charge is 0.314 e. The van der Waals surface area contributed by atoms with Gasteiger partial charge in [0.25, 0.3) is 5.69 Å². The number of hydrogen-bond acceptors (Lipinski definition) is 4. The molecule has 1 atom stereocenters. The summed E-state index contributed by atoms with van der Waals surface area (Å²) in [6.45, 7) is 6.34. The molecule has 1 heterocycles. The van der Waals surface area contributed by atoms with E-state index < -0.39 is 0 Å². The normalized spacial score (nSPS) is 17.9. The molecule has 0 spiro atoms. The maximum absolute atomic E-state index is 10.7. The molecule has 1 N–H and O–H groups in total. The van der Waals surface area contributed by atoms with Gasteiger partial charge >= 0.3 is 0 Å². The number of nitro benzene ring substituents is 1. The Bertz CT molecular complexity index is 427. The van der Waals surface area contributed by atoms with Gasteiger partial charge < -0.3 is 5.32 Å². The summed E-state index contributed by atoms with van der Waals surface area (Å²) in [6.07, 6.45) is 3.48. The molecule has 0 aliphatic carbocycles. The van der Waals surface area contributed by atoms with Gasteiger partial charge in [0.15, 0.2) is 0 Å². The van der Waals surface area contributed by atoms with Crippen LogP contribution in [0.25, 0.3) is 0 Å². The SMILES string of the molecule is CCCC[C@@H](c1ccc([N+](=O)[O-])cc1)N1CCNCC1. The first-order valence-electron chi connectivity index (χ1n) is 7.41. The Labute approximate surface area is 120 Å². The molecule has 20 heavy (non-hydrogen) atoms. The van der Waals surface area contributed by atoms with Gasteiger partial charge in [-0.15, -0.1) is 0 Å². The summed E-state index contributed by atoms with van der Waals surface area (Å²) in [7, 11) is 0. The van der Waals surface area contributed by atoms with Gasteiger partial charge in [0.1, 0.15) is 0 Å². The predicted molar refractivity (Wildman–Crippen MR) is 79.8 cm³/mol. The Morgan fingerprint density at radius 3 is 2.50 bits per heavy atom. The molecule has 1 aliphatic heterocycles. The lowest BCUT2D eigenvalue weighted by molar-refractivity contribution is -0.384. The van der Waals surface area contributed by atoms with E-state index in [0.717, 1.165) is 32.6 Å². The van der Waals surface area contributed by atoms with Gasteiger partial charge in [-0.3, -0.25) is 15.0 Å². The molecular formula is C15H23N3O2. The van der Waals surface area contributed by atoms with E-state index in [0.29, 0.717) is 6.04 Å². The standard InChI is InChI=1S/C15H23N3O2/c1-2-3-4-15(17-11-9-16-10-12-17)13-5-7-14(8-6-13)18(19)20/h5-8,15-16H,2-4,9-12H2,1H3/t15-/m0/s1. The Morgan fingerprint density at radius 1 is 1.30 bits per heavy atom. The summed E-state index contributed by atoms with van der Waals surface area (Å²) in [6, 6.07) is 7.46. The highest BCUT2D eigenvalue weighted by atomic mass is 16.6. The van der Waals surface area contributed by atoms with Gasteiger partial charge in [0.2, 0.25) is 0 Å². The minimum Gasteiger partial charge on any atom is -0.314 e. The molecule has 1 saturated heterocycles. The molecule has 0 radical (unpaired) electrons. The van der Waals surface area contributed by atoms with Crippen LogP contribution in [0, 0.1) is 10.1 Å². The van der Waals surface area contributed by atoms with Crippen molar-refractivity contribution >= 4 is 5.69 Å². The molecular weight excluding hydrogens is 254 g/mol. The van der Waals surface area contributed by atoms with E-state index in [1.165, 1.54) is 18.4 Å². The molecule has 1 aromatic rings. The first-order valence-corrected chi connectivity index (χ1v) is 7.41. The first-order chi connectivity index (χ1) is 9.72. The number of hydrogen-bond donors (Lipinski definition) is 1. The smallest absolute Gasteiger partial charge is 0.269 e. The maximum Gasteiger partial charge on any atom is 0.269 e. The molecule has 5 nitrogen and oxygen atoms in total. The number of benzene rings is 1. The van der Waals surface area contributed by atoms with Gasteiger partial charge in [-0.1, -0.05) is 31.9 Å². The number of rotatable bonds is 6. The Morgan fingerprint density at radius 2 is 1.95 bits per heavy atom. The molecule has 2 rings (SSSR count). The van der Waals surface area contributed by atoms with E-state index in [-0.39, 0.29) is 10.6 Å². The molecule has 1 fully saturated rings. The summed E-state index contributed by atoms with van der Waals surface area (Å²) in [5, 5.41) is 14.1. The van der Waals surface area contributed by atoms with E-state index in [2.05, 4.69) is 17.1 Å². The highest BCUT2D eigenvalue weighted by Gasteiger charge is 2.22. The third-order valence-electron chi connectivity index (χ3n) is 3.91. The fourth-order valence-corrected chi connectivity index (χ4v) is 2.77. The number of nitro groups is 1. The molecule has 1 aromatic carbocycles. The Kier molecular flexibility index (Phi) is 5.49. The van der Waals surface area contributed by atoms with Crippen LogP contribution in [0.2, 0.25) is 0 Å². The van der Waals surface area contributed by atoms with E-state index >= 15 is 0 Å². The van der Waals surface area contributed by atoms with Crippen molar-refractivity contribution in [2.45, 2.75) is 32.2 Å². The van der Waals surface area contributed by atoms with Gasteiger partial charge in [-0.2, -0.15) is 0 Å². The van der Waals surface area contributed by atoms with Crippen LogP contribution in [0.3, 0.4) is 0 Å². The number of non-ortho nitro benzene ring substituents is 1. The summed E-state index contributed by atoms with van der Waals surface area (Å²) in [5.41, 5.74) is 1.37. The predicted octanol–water partition coefficient (Wildman–Crippen LogP) is 2.73. The van der Waals surface area contributed by atoms with Gasteiger partial charge in [-0.05, 0) is 12.0 Å². The molecule has 0 saturated carbocycles. The monoisotopic (exact) mass is 277 g/mol. The zero-order valence-corrected chi connectivity index (χ0v) is 12.0. The van der Waals surface area contributed by atoms with Crippen molar-refractivity contribution in [1.82, 2.24) is 10.2 Å². The van der Waals surface area contributed by atoms with Crippen molar-refractivity contribution in [2.24, 2.45) is 0 Å². The van der Waals surface area contributed by atoms with E-state index in [4.69, 9.17) is 0 Å². The Hall–Kier alpha value is -1.46. The van der Waals surface area contributed by atoms with Gasteiger partial charge in [0, 0.05) is 44.4 Å². The fraction of sp³-hybridized carbons (Fsp3) is 0.600. The lowest BCUT2D eigenvalue weighted by atomic mass is 9.98. The number of unbranched alkanes of at least 4 members (excludes halogenated alkanes) is 1. The molecule has 0 unspecified atom stereocenters. The molecule has 0 bridgehead atoms. The lowest BCUT2D eigenvalue weighted by Gasteiger charge is -2.35. The highest BCUT2D eigenvalue weighted by Crippen LogP contribution is 2.28. The van der Waals surface area contributed by atoms with Gasteiger partial charge in [-0.25, -0.2) is 0 Å². The van der Waals surface area contributed by atoms with Crippen LogP contribution < -0.4 is 5.32 Å². The third kappa shape index (κ3) is 3.77. The maximum atomic E-state index is 10.7. The highest BCUT2D eigenvalue weighted by molar-refractivity contribution is 5.34. The van der Waals surface area contributed by atoms with Crippen LogP contribution in [-0.4, -0.2) is 36.0 Å².